The topological polar surface area (TPSA) is 12.5 Å². The molecule has 0 aromatic carbocycles. The zero-order valence-electron chi connectivity index (χ0n) is 11.6. The van der Waals surface area contributed by atoms with Crippen LogP contribution >= 0.6 is 11.8 Å². The monoisotopic (exact) mass is 257 g/mol. The van der Waals surface area contributed by atoms with Crippen molar-refractivity contribution in [1.82, 2.24) is 4.90 Å². The van der Waals surface area contributed by atoms with E-state index in [0.29, 0.717) is 10.9 Å². The number of rotatable bonds is 3. The fourth-order valence-electron chi connectivity index (χ4n) is 2.85. The van der Waals surface area contributed by atoms with Crippen molar-refractivity contribution in [3.63, 3.8) is 0 Å². The van der Waals surface area contributed by atoms with Gasteiger partial charge in [-0.1, -0.05) is 20.8 Å². The molecule has 2 heterocycles. The molecule has 3 heteroatoms. The lowest BCUT2D eigenvalue weighted by Gasteiger charge is -2.41. The van der Waals surface area contributed by atoms with Gasteiger partial charge in [-0.05, 0) is 25.2 Å². The van der Waals surface area contributed by atoms with Crippen molar-refractivity contribution in [2.45, 2.75) is 50.9 Å². The van der Waals surface area contributed by atoms with E-state index in [1.165, 1.54) is 44.6 Å². The number of thioether (sulfide) groups is 1. The highest BCUT2D eigenvalue weighted by molar-refractivity contribution is 8.00. The van der Waals surface area contributed by atoms with Crippen molar-refractivity contribution in [3.05, 3.63) is 0 Å². The van der Waals surface area contributed by atoms with Gasteiger partial charge < -0.3 is 9.64 Å². The number of ether oxygens (including phenoxy) is 1. The SMILES string of the molecule is CC(C)(C)SCCN1CC[C@H]2OCCC[C@H]2C1. The van der Waals surface area contributed by atoms with E-state index in [1.807, 2.05) is 0 Å². The smallest absolute Gasteiger partial charge is 0.0627 e. The Labute approximate surface area is 110 Å². The molecule has 0 bridgehead atoms. The molecule has 0 amide bonds. The van der Waals surface area contributed by atoms with E-state index >= 15 is 0 Å². The van der Waals surface area contributed by atoms with Crippen LogP contribution in [-0.4, -0.2) is 47.7 Å². The molecule has 2 rings (SSSR count). The second-order valence-electron chi connectivity index (χ2n) is 6.36. The van der Waals surface area contributed by atoms with Crippen molar-refractivity contribution in [3.8, 4) is 0 Å². The first-order valence-electron chi connectivity index (χ1n) is 7.02. The lowest BCUT2D eigenvalue weighted by molar-refractivity contribution is -0.0651. The van der Waals surface area contributed by atoms with Gasteiger partial charge in [0, 0.05) is 36.7 Å². The third-order valence-electron chi connectivity index (χ3n) is 3.74. The van der Waals surface area contributed by atoms with Gasteiger partial charge >= 0.3 is 0 Å². The molecule has 0 aromatic rings. The summed E-state index contributed by atoms with van der Waals surface area (Å²) in [5, 5.41) is 0. The molecule has 17 heavy (non-hydrogen) atoms. The van der Waals surface area contributed by atoms with Gasteiger partial charge in [-0.15, -0.1) is 0 Å². The lowest BCUT2D eigenvalue weighted by Crippen LogP contribution is -2.46. The Morgan fingerprint density at radius 1 is 1.29 bits per heavy atom. The average Bonchev–Trinajstić information content (AvgIpc) is 2.27. The summed E-state index contributed by atoms with van der Waals surface area (Å²) in [6.07, 6.45) is 4.49. The standard InChI is InChI=1S/C14H27NOS/c1-14(2,3)17-10-8-15-7-6-13-12(11-15)5-4-9-16-13/h12-13H,4-11H2,1-3H3/t12-,13+/m0/s1. The van der Waals surface area contributed by atoms with Crippen LogP contribution in [0.2, 0.25) is 0 Å². The summed E-state index contributed by atoms with van der Waals surface area (Å²) in [7, 11) is 0. The number of piperidine rings is 1. The molecule has 0 unspecified atom stereocenters. The van der Waals surface area contributed by atoms with Gasteiger partial charge in [-0.3, -0.25) is 0 Å². The zero-order valence-corrected chi connectivity index (χ0v) is 12.4. The number of hydrogen-bond acceptors (Lipinski definition) is 3. The molecule has 2 atom stereocenters. The molecule has 2 aliphatic heterocycles. The van der Waals surface area contributed by atoms with Crippen molar-refractivity contribution in [2.24, 2.45) is 5.92 Å². The molecular formula is C14H27NOS. The normalized spacial score (nSPS) is 31.2. The quantitative estimate of drug-likeness (QED) is 0.771. The molecule has 2 saturated heterocycles. The van der Waals surface area contributed by atoms with Gasteiger partial charge in [0.2, 0.25) is 0 Å². The number of fused-ring (bicyclic) bond motifs is 1. The highest BCUT2D eigenvalue weighted by Crippen LogP contribution is 2.29. The summed E-state index contributed by atoms with van der Waals surface area (Å²) in [5.41, 5.74) is 0. The second kappa shape index (κ2) is 5.94. The summed E-state index contributed by atoms with van der Waals surface area (Å²) in [6.45, 7) is 11.7. The van der Waals surface area contributed by atoms with Crippen LogP contribution in [0.5, 0.6) is 0 Å². The van der Waals surface area contributed by atoms with Crippen LogP contribution in [0.4, 0.5) is 0 Å². The highest BCUT2D eigenvalue weighted by Gasteiger charge is 2.31. The number of hydrogen-bond donors (Lipinski definition) is 0. The summed E-state index contributed by atoms with van der Waals surface area (Å²) >= 11 is 2.08. The molecule has 0 radical (unpaired) electrons. The first-order valence-corrected chi connectivity index (χ1v) is 8.01. The predicted octanol–water partition coefficient (Wildman–Crippen LogP) is 3.02. The third-order valence-corrected chi connectivity index (χ3v) is 4.99. The van der Waals surface area contributed by atoms with Crippen molar-refractivity contribution in [1.29, 1.82) is 0 Å². The minimum absolute atomic E-state index is 0.409. The van der Waals surface area contributed by atoms with Crippen molar-refractivity contribution in [2.75, 3.05) is 32.0 Å². The second-order valence-corrected chi connectivity index (χ2v) is 8.28. The van der Waals surface area contributed by atoms with Gasteiger partial charge in [0.1, 0.15) is 0 Å². The van der Waals surface area contributed by atoms with Crippen LogP contribution in [-0.2, 0) is 4.74 Å². The minimum atomic E-state index is 0.409. The van der Waals surface area contributed by atoms with Crippen LogP contribution in [0.25, 0.3) is 0 Å². The Bertz CT molecular complexity index is 239. The molecule has 0 aliphatic carbocycles. The molecule has 2 nitrogen and oxygen atoms in total. The van der Waals surface area contributed by atoms with Crippen LogP contribution < -0.4 is 0 Å². The lowest BCUT2D eigenvalue weighted by atomic mass is 9.88. The predicted molar refractivity (Wildman–Crippen MR) is 75.7 cm³/mol. The number of likely N-dealkylation sites (tertiary alicyclic amines) is 1. The number of nitrogens with zero attached hydrogens (tertiary/aromatic N) is 1. The maximum Gasteiger partial charge on any atom is 0.0627 e. The van der Waals surface area contributed by atoms with Gasteiger partial charge in [-0.25, -0.2) is 0 Å². The highest BCUT2D eigenvalue weighted by atomic mass is 32.2. The molecular weight excluding hydrogens is 230 g/mol. The van der Waals surface area contributed by atoms with E-state index in [0.717, 1.165) is 12.5 Å². The fraction of sp³-hybridized carbons (Fsp3) is 1.00. The van der Waals surface area contributed by atoms with E-state index in [2.05, 4.69) is 37.4 Å². The van der Waals surface area contributed by atoms with Crippen LogP contribution in [0.15, 0.2) is 0 Å². The van der Waals surface area contributed by atoms with E-state index in [4.69, 9.17) is 4.74 Å². The van der Waals surface area contributed by atoms with Gasteiger partial charge in [-0.2, -0.15) is 11.8 Å². The minimum Gasteiger partial charge on any atom is -0.378 e. The Hall–Kier alpha value is 0.270. The van der Waals surface area contributed by atoms with E-state index in [-0.39, 0.29) is 0 Å². The Balaban J connectivity index is 1.69. The van der Waals surface area contributed by atoms with Crippen LogP contribution in [0, 0.1) is 5.92 Å². The summed E-state index contributed by atoms with van der Waals surface area (Å²) in [4.78, 5) is 2.65. The molecule has 2 aliphatic rings. The summed E-state index contributed by atoms with van der Waals surface area (Å²) < 4.78 is 6.27. The Morgan fingerprint density at radius 2 is 2.12 bits per heavy atom. The molecule has 2 fully saturated rings. The fourth-order valence-corrected chi connectivity index (χ4v) is 3.81. The molecule has 0 saturated carbocycles. The van der Waals surface area contributed by atoms with Gasteiger partial charge in [0.25, 0.3) is 0 Å². The third kappa shape index (κ3) is 4.46. The van der Waals surface area contributed by atoms with Crippen LogP contribution in [0.3, 0.4) is 0 Å². The van der Waals surface area contributed by atoms with Crippen molar-refractivity contribution < 1.29 is 4.74 Å². The average molecular weight is 257 g/mol. The van der Waals surface area contributed by atoms with E-state index < -0.39 is 0 Å². The maximum absolute atomic E-state index is 5.86. The van der Waals surface area contributed by atoms with E-state index in [1.54, 1.807) is 0 Å². The molecule has 100 valence electrons. The van der Waals surface area contributed by atoms with Crippen molar-refractivity contribution >= 4 is 11.8 Å². The molecule has 0 spiro atoms. The Kier molecular flexibility index (Phi) is 4.79. The zero-order chi connectivity index (χ0) is 12.3. The largest absolute Gasteiger partial charge is 0.378 e. The summed E-state index contributed by atoms with van der Waals surface area (Å²) in [5.74, 6) is 2.08. The first kappa shape index (κ1) is 13.7. The first-order chi connectivity index (χ1) is 8.04. The van der Waals surface area contributed by atoms with E-state index in [9.17, 15) is 0 Å². The molecule has 0 N–H and O–H groups in total. The molecule has 0 aromatic heterocycles. The van der Waals surface area contributed by atoms with Gasteiger partial charge in [0.05, 0.1) is 6.10 Å². The Morgan fingerprint density at radius 3 is 2.88 bits per heavy atom. The summed E-state index contributed by atoms with van der Waals surface area (Å²) in [6, 6.07) is 0. The van der Waals surface area contributed by atoms with Crippen LogP contribution in [0.1, 0.15) is 40.0 Å². The van der Waals surface area contributed by atoms with Gasteiger partial charge in [0.15, 0.2) is 0 Å². The maximum atomic E-state index is 5.86.